The van der Waals surface area contributed by atoms with E-state index < -0.39 is 0 Å². The number of benzene rings is 3. The lowest BCUT2D eigenvalue weighted by Crippen LogP contribution is -2.30. The fourth-order valence-electron chi connectivity index (χ4n) is 4.87. The van der Waals surface area contributed by atoms with Crippen LogP contribution in [0.25, 0.3) is 22.3 Å². The summed E-state index contributed by atoms with van der Waals surface area (Å²) in [4.78, 5) is 0. The van der Waals surface area contributed by atoms with Crippen molar-refractivity contribution < 1.29 is 0 Å². The third-order valence-corrected chi connectivity index (χ3v) is 6.72. The first-order valence-corrected chi connectivity index (χ1v) is 12.9. The van der Waals surface area contributed by atoms with Crippen molar-refractivity contribution in [3.63, 3.8) is 0 Å². The Morgan fingerprint density at radius 3 is 1.72 bits per heavy atom. The number of fused-ring (bicyclic) bond motifs is 1. The Balaban J connectivity index is 1.70. The van der Waals surface area contributed by atoms with E-state index in [0.29, 0.717) is 0 Å². The third kappa shape index (κ3) is 5.73. The SMILES string of the molecule is C1=C\C\C=C/C(C2=c3\cccc\c3=C(/c3ccc(-c4ccccc4)cc3)C/C=C\C=C/C\2)=C\C\C=C/1. The summed E-state index contributed by atoms with van der Waals surface area (Å²) in [6.45, 7) is 0. The second-order valence-corrected chi connectivity index (χ2v) is 9.10. The topological polar surface area (TPSA) is 0 Å². The molecular formula is C36H32. The Morgan fingerprint density at radius 2 is 0.972 bits per heavy atom. The first-order valence-electron chi connectivity index (χ1n) is 12.9. The van der Waals surface area contributed by atoms with Crippen molar-refractivity contribution in [1.82, 2.24) is 0 Å². The van der Waals surface area contributed by atoms with E-state index in [9.17, 15) is 0 Å². The van der Waals surface area contributed by atoms with Crippen molar-refractivity contribution in [2.24, 2.45) is 0 Å². The minimum absolute atomic E-state index is 0.891. The molecule has 0 fully saturated rings. The Labute approximate surface area is 215 Å². The van der Waals surface area contributed by atoms with Crippen LogP contribution in [0.2, 0.25) is 0 Å². The Hall–Kier alpha value is -4.16. The lowest BCUT2D eigenvalue weighted by molar-refractivity contribution is 1.26. The van der Waals surface area contributed by atoms with Crippen molar-refractivity contribution in [1.29, 1.82) is 0 Å². The summed E-state index contributed by atoms with van der Waals surface area (Å²) in [5.41, 5.74) is 7.83. The maximum Gasteiger partial charge on any atom is -0.00822 e. The van der Waals surface area contributed by atoms with Gasteiger partial charge in [-0.1, -0.05) is 146 Å². The molecule has 0 unspecified atom stereocenters. The van der Waals surface area contributed by atoms with Gasteiger partial charge < -0.3 is 0 Å². The molecule has 0 N–H and O–H groups in total. The number of hydrogen-bond acceptors (Lipinski definition) is 0. The van der Waals surface area contributed by atoms with Gasteiger partial charge in [0.15, 0.2) is 0 Å². The quantitative estimate of drug-likeness (QED) is 0.368. The summed E-state index contributed by atoms with van der Waals surface area (Å²) in [6, 6.07) is 28.6. The van der Waals surface area contributed by atoms with Gasteiger partial charge in [-0.25, -0.2) is 0 Å². The Bertz CT molecular complexity index is 1480. The van der Waals surface area contributed by atoms with Crippen LogP contribution in [0.5, 0.6) is 0 Å². The zero-order valence-electron chi connectivity index (χ0n) is 20.7. The smallest absolute Gasteiger partial charge is 0.00822 e. The van der Waals surface area contributed by atoms with E-state index in [1.165, 1.54) is 43.8 Å². The number of allylic oxidation sites excluding steroid dienone is 12. The molecule has 5 rings (SSSR count). The van der Waals surface area contributed by atoms with E-state index in [4.69, 9.17) is 0 Å². The molecule has 0 bridgehead atoms. The fourth-order valence-corrected chi connectivity index (χ4v) is 4.87. The highest BCUT2D eigenvalue weighted by atomic mass is 14.1. The standard InChI is InChI=1S/C36H32/c1-2-4-9-19-31(20-10-5-3-1)33-21-13-6-7-14-22-34(36-24-16-15-23-35(33)36)32-27-25-30(26-28-32)29-17-11-8-12-18-29/h1-4,6-8,10-20,23-28H,5,9,21-22H2/b3-1-,4-2-,13-6-,14-7-,20-10-,31-19+,35-33+,36-34+. The fraction of sp³-hybridized carbons (Fsp3) is 0.111. The molecule has 3 aromatic rings. The predicted octanol–water partition coefficient (Wildman–Crippen LogP) is 8.00. The number of hydrogen-bond donors (Lipinski definition) is 0. The van der Waals surface area contributed by atoms with Gasteiger partial charge in [-0.15, -0.1) is 0 Å². The molecule has 0 saturated carbocycles. The van der Waals surface area contributed by atoms with Gasteiger partial charge >= 0.3 is 0 Å². The normalized spacial score (nSPS) is 24.8. The van der Waals surface area contributed by atoms with Gasteiger partial charge in [-0.3, -0.25) is 0 Å². The highest BCUT2D eigenvalue weighted by Gasteiger charge is 2.09. The van der Waals surface area contributed by atoms with E-state index >= 15 is 0 Å². The molecule has 0 amide bonds. The molecule has 0 heterocycles. The lowest BCUT2D eigenvalue weighted by Gasteiger charge is -2.13. The van der Waals surface area contributed by atoms with Crippen LogP contribution in [0.4, 0.5) is 0 Å². The second-order valence-electron chi connectivity index (χ2n) is 9.10. The Morgan fingerprint density at radius 1 is 0.417 bits per heavy atom. The highest BCUT2D eigenvalue weighted by molar-refractivity contribution is 5.74. The Kier molecular flexibility index (Phi) is 7.86. The zero-order valence-corrected chi connectivity index (χ0v) is 20.7. The molecule has 0 nitrogen and oxygen atoms in total. The molecule has 2 aliphatic rings. The van der Waals surface area contributed by atoms with Crippen molar-refractivity contribution in [3.8, 4) is 11.1 Å². The molecule has 0 saturated heterocycles. The van der Waals surface area contributed by atoms with E-state index in [1.54, 1.807) is 0 Å². The largest absolute Gasteiger partial charge is 0.0807 e. The zero-order chi connectivity index (χ0) is 24.4. The average molecular weight is 465 g/mol. The maximum absolute atomic E-state index is 2.36. The summed E-state index contributed by atoms with van der Waals surface area (Å²) in [6.07, 6.45) is 28.3. The molecule has 0 atom stereocenters. The molecule has 0 spiro atoms. The summed E-state index contributed by atoms with van der Waals surface area (Å²) in [5.74, 6) is 0. The number of rotatable bonds is 3. The minimum atomic E-state index is 0.891. The van der Waals surface area contributed by atoms with E-state index in [0.717, 1.165) is 25.7 Å². The summed E-state index contributed by atoms with van der Waals surface area (Å²) in [7, 11) is 0. The molecule has 0 radical (unpaired) electrons. The van der Waals surface area contributed by atoms with Gasteiger partial charge in [0.2, 0.25) is 0 Å². The van der Waals surface area contributed by atoms with Gasteiger partial charge in [0.05, 0.1) is 0 Å². The monoisotopic (exact) mass is 464 g/mol. The predicted molar refractivity (Wildman–Crippen MR) is 156 cm³/mol. The minimum Gasteiger partial charge on any atom is -0.0807 e. The van der Waals surface area contributed by atoms with Gasteiger partial charge in [-0.2, -0.15) is 0 Å². The molecule has 2 aliphatic carbocycles. The van der Waals surface area contributed by atoms with Gasteiger partial charge in [0.25, 0.3) is 0 Å². The summed E-state index contributed by atoms with van der Waals surface area (Å²) in [5, 5.41) is 2.65. The van der Waals surface area contributed by atoms with Crippen LogP contribution in [-0.4, -0.2) is 0 Å². The van der Waals surface area contributed by atoms with Crippen molar-refractivity contribution in [2.75, 3.05) is 0 Å². The summed E-state index contributed by atoms with van der Waals surface area (Å²) >= 11 is 0. The highest BCUT2D eigenvalue weighted by Crippen LogP contribution is 2.24. The molecule has 36 heavy (non-hydrogen) atoms. The van der Waals surface area contributed by atoms with Crippen molar-refractivity contribution >= 4 is 11.1 Å². The van der Waals surface area contributed by atoms with Crippen LogP contribution in [0.1, 0.15) is 31.2 Å². The van der Waals surface area contributed by atoms with Crippen LogP contribution in [0.15, 0.2) is 151 Å². The van der Waals surface area contributed by atoms with Crippen molar-refractivity contribution in [3.05, 3.63) is 167 Å². The van der Waals surface area contributed by atoms with Crippen LogP contribution < -0.4 is 10.4 Å². The van der Waals surface area contributed by atoms with E-state index in [1.807, 2.05) is 0 Å². The van der Waals surface area contributed by atoms with Crippen LogP contribution in [0, 0.1) is 0 Å². The molecular weight excluding hydrogens is 432 g/mol. The van der Waals surface area contributed by atoms with Crippen LogP contribution >= 0.6 is 0 Å². The molecule has 3 aromatic carbocycles. The molecule has 0 aliphatic heterocycles. The van der Waals surface area contributed by atoms with Gasteiger partial charge in [-0.05, 0) is 69.5 Å². The molecule has 0 heteroatoms. The van der Waals surface area contributed by atoms with Crippen LogP contribution in [0.3, 0.4) is 0 Å². The van der Waals surface area contributed by atoms with E-state index in [2.05, 4.69) is 146 Å². The third-order valence-electron chi connectivity index (χ3n) is 6.72. The maximum atomic E-state index is 2.36. The lowest BCUT2D eigenvalue weighted by atomic mass is 9.92. The molecule has 176 valence electrons. The first kappa shape index (κ1) is 23.6. The van der Waals surface area contributed by atoms with Gasteiger partial charge in [0.1, 0.15) is 0 Å². The van der Waals surface area contributed by atoms with Gasteiger partial charge in [0, 0.05) is 0 Å². The molecule has 0 aromatic heterocycles. The average Bonchev–Trinajstić information content (AvgIpc) is 2.94. The first-order chi connectivity index (χ1) is 17.9. The van der Waals surface area contributed by atoms with Crippen molar-refractivity contribution in [2.45, 2.75) is 25.7 Å². The summed E-state index contributed by atoms with van der Waals surface area (Å²) < 4.78 is 0. The van der Waals surface area contributed by atoms with Crippen LogP contribution in [-0.2, 0) is 0 Å². The second kappa shape index (κ2) is 12.0. The van der Waals surface area contributed by atoms with E-state index in [-0.39, 0.29) is 0 Å².